The SMILES string of the molecule is Cc1ccc(C)c(-c2cc(CC(=O)Cl)c(=O)n(C)n2)c1. The first-order valence-corrected chi connectivity index (χ1v) is 6.59. The van der Waals surface area contributed by atoms with Gasteiger partial charge in [-0.3, -0.25) is 9.59 Å². The second-order valence-corrected chi connectivity index (χ2v) is 5.26. The molecule has 1 aromatic heterocycles. The van der Waals surface area contributed by atoms with Crippen LogP contribution in [0.5, 0.6) is 0 Å². The molecule has 0 saturated heterocycles. The maximum absolute atomic E-state index is 11.9. The molecule has 0 spiro atoms. The van der Waals surface area contributed by atoms with Crippen LogP contribution in [-0.4, -0.2) is 15.0 Å². The summed E-state index contributed by atoms with van der Waals surface area (Å²) in [5, 5.41) is 3.71. The van der Waals surface area contributed by atoms with Crippen molar-refractivity contribution in [3.63, 3.8) is 0 Å². The first-order chi connectivity index (χ1) is 9.38. The number of carbonyl (C=O) groups is 1. The number of nitrogens with zero attached hydrogens (tertiary/aromatic N) is 2. The fourth-order valence-electron chi connectivity index (χ4n) is 2.09. The molecule has 0 aliphatic heterocycles. The fourth-order valence-corrected chi connectivity index (χ4v) is 2.23. The third kappa shape index (κ3) is 2.96. The number of aryl methyl sites for hydroxylation is 3. The molecule has 2 aromatic rings. The number of hydrogen-bond acceptors (Lipinski definition) is 3. The molecule has 0 fully saturated rings. The molecule has 0 unspecified atom stereocenters. The molecule has 20 heavy (non-hydrogen) atoms. The number of benzene rings is 1. The van der Waals surface area contributed by atoms with E-state index >= 15 is 0 Å². The summed E-state index contributed by atoms with van der Waals surface area (Å²) in [7, 11) is 1.57. The highest BCUT2D eigenvalue weighted by Gasteiger charge is 2.12. The highest BCUT2D eigenvalue weighted by atomic mass is 35.5. The van der Waals surface area contributed by atoms with E-state index in [-0.39, 0.29) is 12.0 Å². The number of aromatic nitrogens is 2. The standard InChI is InChI=1S/C15H15ClN2O2/c1-9-4-5-10(2)12(6-9)13-7-11(8-14(16)19)15(20)18(3)17-13/h4-7H,8H2,1-3H3. The van der Waals surface area contributed by atoms with E-state index in [1.165, 1.54) is 4.68 Å². The Morgan fingerprint density at radius 3 is 2.65 bits per heavy atom. The van der Waals surface area contributed by atoms with Crippen molar-refractivity contribution < 1.29 is 4.79 Å². The van der Waals surface area contributed by atoms with E-state index in [0.717, 1.165) is 16.7 Å². The van der Waals surface area contributed by atoms with Crippen molar-refractivity contribution in [1.29, 1.82) is 0 Å². The summed E-state index contributed by atoms with van der Waals surface area (Å²) in [6.45, 7) is 3.97. The topological polar surface area (TPSA) is 52.0 Å². The zero-order valence-electron chi connectivity index (χ0n) is 11.6. The van der Waals surface area contributed by atoms with Crippen LogP contribution in [0.3, 0.4) is 0 Å². The number of hydrogen-bond donors (Lipinski definition) is 0. The summed E-state index contributed by atoms with van der Waals surface area (Å²) in [6, 6.07) is 7.67. The van der Waals surface area contributed by atoms with Gasteiger partial charge in [0.25, 0.3) is 5.56 Å². The Balaban J connectivity index is 2.63. The summed E-state index contributed by atoms with van der Waals surface area (Å²) >= 11 is 5.38. The van der Waals surface area contributed by atoms with Crippen LogP contribution in [0.2, 0.25) is 0 Å². The number of carbonyl (C=O) groups excluding carboxylic acids is 1. The maximum atomic E-state index is 11.9. The normalized spacial score (nSPS) is 10.6. The lowest BCUT2D eigenvalue weighted by atomic mass is 10.0. The molecular formula is C15H15ClN2O2. The monoisotopic (exact) mass is 290 g/mol. The first-order valence-electron chi connectivity index (χ1n) is 6.21. The molecule has 0 radical (unpaired) electrons. The van der Waals surface area contributed by atoms with E-state index in [9.17, 15) is 9.59 Å². The third-order valence-corrected chi connectivity index (χ3v) is 3.27. The van der Waals surface area contributed by atoms with Gasteiger partial charge in [-0.1, -0.05) is 17.7 Å². The molecular weight excluding hydrogens is 276 g/mol. The van der Waals surface area contributed by atoms with Crippen molar-refractivity contribution >= 4 is 16.8 Å². The Morgan fingerprint density at radius 1 is 1.30 bits per heavy atom. The molecule has 0 amide bonds. The third-order valence-electron chi connectivity index (χ3n) is 3.14. The van der Waals surface area contributed by atoms with E-state index < -0.39 is 5.24 Å². The Morgan fingerprint density at radius 2 is 2.00 bits per heavy atom. The van der Waals surface area contributed by atoms with E-state index in [2.05, 4.69) is 5.10 Å². The molecule has 0 atom stereocenters. The summed E-state index contributed by atoms with van der Waals surface area (Å²) in [4.78, 5) is 23.0. The molecule has 2 rings (SSSR count). The average molecular weight is 291 g/mol. The second-order valence-electron chi connectivity index (χ2n) is 4.83. The molecule has 0 aliphatic carbocycles. The van der Waals surface area contributed by atoms with Crippen LogP contribution in [0.15, 0.2) is 29.1 Å². The molecule has 0 N–H and O–H groups in total. The Hall–Kier alpha value is -1.94. The summed E-state index contributed by atoms with van der Waals surface area (Å²) < 4.78 is 1.24. The van der Waals surface area contributed by atoms with Gasteiger partial charge < -0.3 is 0 Å². The minimum Gasteiger partial charge on any atom is -0.281 e. The molecule has 4 nitrogen and oxygen atoms in total. The second kappa shape index (κ2) is 5.59. The Bertz CT molecular complexity index is 735. The van der Waals surface area contributed by atoms with Crippen LogP contribution in [0, 0.1) is 13.8 Å². The summed E-state index contributed by atoms with van der Waals surface area (Å²) in [5.74, 6) is 0. The van der Waals surface area contributed by atoms with Gasteiger partial charge in [-0.2, -0.15) is 5.10 Å². The van der Waals surface area contributed by atoms with Crippen LogP contribution in [0.4, 0.5) is 0 Å². The Labute approximate surface area is 122 Å². The first kappa shape index (κ1) is 14.5. The molecule has 5 heteroatoms. The minimum absolute atomic E-state index is 0.0887. The van der Waals surface area contributed by atoms with E-state index in [4.69, 9.17) is 11.6 Å². The molecule has 0 aliphatic rings. The van der Waals surface area contributed by atoms with Gasteiger partial charge in [0.2, 0.25) is 5.24 Å². The van der Waals surface area contributed by atoms with Gasteiger partial charge in [-0.25, -0.2) is 4.68 Å². The molecule has 0 bridgehead atoms. The molecule has 1 aromatic carbocycles. The Kier molecular flexibility index (Phi) is 4.04. The summed E-state index contributed by atoms with van der Waals surface area (Å²) in [6.07, 6.45) is -0.0887. The molecule has 0 saturated carbocycles. The van der Waals surface area contributed by atoms with Crippen molar-refractivity contribution in [3.8, 4) is 11.3 Å². The van der Waals surface area contributed by atoms with Crippen molar-refractivity contribution in [3.05, 3.63) is 51.3 Å². The van der Waals surface area contributed by atoms with Crippen molar-refractivity contribution in [2.45, 2.75) is 20.3 Å². The van der Waals surface area contributed by atoms with E-state index in [0.29, 0.717) is 11.3 Å². The predicted molar refractivity (Wildman–Crippen MR) is 79.0 cm³/mol. The van der Waals surface area contributed by atoms with Crippen molar-refractivity contribution in [1.82, 2.24) is 9.78 Å². The quantitative estimate of drug-likeness (QED) is 0.816. The fraction of sp³-hybridized carbons (Fsp3) is 0.267. The van der Waals surface area contributed by atoms with Gasteiger partial charge in [-0.05, 0) is 43.1 Å². The highest BCUT2D eigenvalue weighted by Crippen LogP contribution is 2.22. The minimum atomic E-state index is -0.555. The van der Waals surface area contributed by atoms with E-state index in [1.807, 2.05) is 32.0 Å². The van der Waals surface area contributed by atoms with Crippen molar-refractivity contribution in [2.24, 2.45) is 7.05 Å². The van der Waals surface area contributed by atoms with E-state index in [1.54, 1.807) is 13.1 Å². The lowest BCUT2D eigenvalue weighted by Gasteiger charge is -2.09. The average Bonchev–Trinajstić information content (AvgIpc) is 2.37. The smallest absolute Gasteiger partial charge is 0.270 e. The highest BCUT2D eigenvalue weighted by molar-refractivity contribution is 6.63. The lowest BCUT2D eigenvalue weighted by Crippen LogP contribution is -2.25. The van der Waals surface area contributed by atoms with Gasteiger partial charge in [0.05, 0.1) is 12.1 Å². The van der Waals surface area contributed by atoms with Crippen LogP contribution in [0.1, 0.15) is 16.7 Å². The van der Waals surface area contributed by atoms with Gasteiger partial charge in [0.1, 0.15) is 0 Å². The zero-order valence-corrected chi connectivity index (χ0v) is 12.4. The number of halogens is 1. The van der Waals surface area contributed by atoms with Gasteiger partial charge in [-0.15, -0.1) is 0 Å². The van der Waals surface area contributed by atoms with Crippen LogP contribution >= 0.6 is 11.6 Å². The van der Waals surface area contributed by atoms with Crippen LogP contribution in [0.25, 0.3) is 11.3 Å². The van der Waals surface area contributed by atoms with Crippen LogP contribution < -0.4 is 5.56 Å². The molecule has 104 valence electrons. The van der Waals surface area contributed by atoms with Crippen LogP contribution in [-0.2, 0) is 18.3 Å². The summed E-state index contributed by atoms with van der Waals surface area (Å²) in [5.41, 5.74) is 3.85. The van der Waals surface area contributed by atoms with Crippen molar-refractivity contribution in [2.75, 3.05) is 0 Å². The molecule has 1 heterocycles. The maximum Gasteiger partial charge on any atom is 0.270 e. The lowest BCUT2D eigenvalue weighted by molar-refractivity contribution is -0.111. The van der Waals surface area contributed by atoms with Gasteiger partial charge in [0, 0.05) is 18.2 Å². The zero-order chi connectivity index (χ0) is 14.9. The largest absolute Gasteiger partial charge is 0.281 e. The number of rotatable bonds is 3. The van der Waals surface area contributed by atoms with Gasteiger partial charge >= 0.3 is 0 Å². The predicted octanol–water partition coefficient (Wildman–Crippen LogP) is 2.37. The van der Waals surface area contributed by atoms with Gasteiger partial charge in [0.15, 0.2) is 0 Å².